The summed E-state index contributed by atoms with van der Waals surface area (Å²) in [4.78, 5) is 22.5. The predicted molar refractivity (Wildman–Crippen MR) is 67.8 cm³/mol. The minimum Gasteiger partial charge on any atom is -0.458 e. The Morgan fingerprint density at radius 1 is 1.00 bits per heavy atom. The van der Waals surface area contributed by atoms with E-state index in [-0.39, 0.29) is 36.0 Å². The van der Waals surface area contributed by atoms with Crippen molar-refractivity contribution < 1.29 is 19.1 Å². The van der Waals surface area contributed by atoms with Gasteiger partial charge in [-0.3, -0.25) is 9.59 Å². The van der Waals surface area contributed by atoms with E-state index in [9.17, 15) is 9.59 Å². The van der Waals surface area contributed by atoms with Crippen molar-refractivity contribution in [2.75, 3.05) is 0 Å². The third kappa shape index (κ3) is 3.72. The number of esters is 2. The molecule has 0 bridgehead atoms. The van der Waals surface area contributed by atoms with Crippen molar-refractivity contribution in [1.29, 1.82) is 0 Å². The standard InChI is InChI=1S/C14H24O4/c1-8(2)12-7-6-9(3)13(17-10(4)15)14(12)18-11(5)16/h8-9,12-14H,6-7H2,1-5H3. The summed E-state index contributed by atoms with van der Waals surface area (Å²) < 4.78 is 10.8. The van der Waals surface area contributed by atoms with Crippen LogP contribution in [-0.4, -0.2) is 24.1 Å². The van der Waals surface area contributed by atoms with Gasteiger partial charge in [0.15, 0.2) is 0 Å². The first kappa shape index (κ1) is 15.0. The molecule has 4 atom stereocenters. The molecule has 0 spiro atoms. The molecule has 4 nitrogen and oxygen atoms in total. The van der Waals surface area contributed by atoms with Gasteiger partial charge in [0, 0.05) is 19.8 Å². The van der Waals surface area contributed by atoms with Crippen LogP contribution in [0.1, 0.15) is 47.5 Å². The molecule has 0 N–H and O–H groups in total. The maximum Gasteiger partial charge on any atom is 0.303 e. The molecule has 1 aliphatic carbocycles. The SMILES string of the molecule is CC(=O)OC1C(C)CCC(C(C)C)C1OC(C)=O. The Morgan fingerprint density at radius 2 is 1.50 bits per heavy atom. The number of carbonyl (C=O) groups is 2. The van der Waals surface area contributed by atoms with E-state index in [1.54, 1.807) is 0 Å². The second-order valence-electron chi connectivity index (χ2n) is 5.61. The molecule has 1 fully saturated rings. The van der Waals surface area contributed by atoms with Crippen molar-refractivity contribution in [1.82, 2.24) is 0 Å². The molecule has 0 radical (unpaired) electrons. The van der Waals surface area contributed by atoms with E-state index in [1.165, 1.54) is 13.8 Å². The molecule has 18 heavy (non-hydrogen) atoms. The third-order valence-corrected chi connectivity index (χ3v) is 3.72. The van der Waals surface area contributed by atoms with Gasteiger partial charge in [-0.15, -0.1) is 0 Å². The highest BCUT2D eigenvalue weighted by Crippen LogP contribution is 2.37. The van der Waals surface area contributed by atoms with Crippen molar-refractivity contribution in [3.05, 3.63) is 0 Å². The lowest BCUT2D eigenvalue weighted by molar-refractivity contribution is -0.182. The first-order valence-electron chi connectivity index (χ1n) is 6.67. The second kappa shape index (κ2) is 6.21. The van der Waals surface area contributed by atoms with Gasteiger partial charge >= 0.3 is 11.9 Å². The molecule has 4 unspecified atom stereocenters. The first-order chi connectivity index (χ1) is 8.32. The molecule has 0 heterocycles. The summed E-state index contributed by atoms with van der Waals surface area (Å²) in [6, 6.07) is 0. The third-order valence-electron chi connectivity index (χ3n) is 3.72. The van der Waals surface area contributed by atoms with Crippen LogP contribution in [0.15, 0.2) is 0 Å². The topological polar surface area (TPSA) is 52.6 Å². The maximum atomic E-state index is 11.3. The smallest absolute Gasteiger partial charge is 0.303 e. The predicted octanol–water partition coefficient (Wildman–Crippen LogP) is 2.55. The average molecular weight is 256 g/mol. The number of hydrogen-bond acceptors (Lipinski definition) is 4. The summed E-state index contributed by atoms with van der Waals surface area (Å²) in [7, 11) is 0. The molecule has 4 heteroatoms. The van der Waals surface area contributed by atoms with Crippen LogP contribution in [0.25, 0.3) is 0 Å². The van der Waals surface area contributed by atoms with Crippen LogP contribution < -0.4 is 0 Å². The first-order valence-corrected chi connectivity index (χ1v) is 6.67. The van der Waals surface area contributed by atoms with E-state index in [4.69, 9.17) is 9.47 Å². The zero-order valence-electron chi connectivity index (χ0n) is 11.9. The Balaban J connectivity index is 2.90. The molecule has 0 saturated heterocycles. The van der Waals surface area contributed by atoms with Crippen molar-refractivity contribution in [3.63, 3.8) is 0 Å². The van der Waals surface area contributed by atoms with Gasteiger partial charge in [-0.1, -0.05) is 20.8 Å². The molecule has 0 aromatic heterocycles. The van der Waals surface area contributed by atoms with Gasteiger partial charge in [0.05, 0.1) is 0 Å². The Bertz CT molecular complexity index is 311. The fourth-order valence-corrected chi connectivity index (χ4v) is 2.78. The van der Waals surface area contributed by atoms with Crippen molar-refractivity contribution in [3.8, 4) is 0 Å². The van der Waals surface area contributed by atoms with Gasteiger partial charge < -0.3 is 9.47 Å². The van der Waals surface area contributed by atoms with E-state index in [2.05, 4.69) is 13.8 Å². The Labute approximate surface area is 109 Å². The minimum absolute atomic E-state index is 0.230. The number of ether oxygens (including phenoxy) is 2. The Morgan fingerprint density at radius 3 is 1.94 bits per heavy atom. The van der Waals surface area contributed by atoms with Gasteiger partial charge in [-0.05, 0) is 24.7 Å². The van der Waals surface area contributed by atoms with Gasteiger partial charge in [0.1, 0.15) is 12.2 Å². The minimum atomic E-state index is -0.312. The lowest BCUT2D eigenvalue weighted by Crippen LogP contribution is -2.48. The number of hydrogen-bond donors (Lipinski definition) is 0. The van der Waals surface area contributed by atoms with Gasteiger partial charge in [0.2, 0.25) is 0 Å². The Hall–Kier alpha value is -1.06. The van der Waals surface area contributed by atoms with E-state index in [1.807, 2.05) is 6.92 Å². The molecule has 0 aromatic rings. The highest BCUT2D eigenvalue weighted by Gasteiger charge is 2.42. The molecule has 104 valence electrons. The fraction of sp³-hybridized carbons (Fsp3) is 0.857. The van der Waals surface area contributed by atoms with Crippen LogP contribution in [0.2, 0.25) is 0 Å². The van der Waals surface area contributed by atoms with Crippen LogP contribution in [0.4, 0.5) is 0 Å². The van der Waals surface area contributed by atoms with E-state index >= 15 is 0 Å². The van der Waals surface area contributed by atoms with Crippen LogP contribution in [0.5, 0.6) is 0 Å². The number of rotatable bonds is 3. The summed E-state index contributed by atoms with van der Waals surface area (Å²) in [6.45, 7) is 9.07. The normalized spacial score (nSPS) is 32.1. The van der Waals surface area contributed by atoms with Gasteiger partial charge in [-0.2, -0.15) is 0 Å². The van der Waals surface area contributed by atoms with Gasteiger partial charge in [0.25, 0.3) is 0 Å². The monoisotopic (exact) mass is 256 g/mol. The summed E-state index contributed by atoms with van der Waals surface area (Å²) >= 11 is 0. The van der Waals surface area contributed by atoms with Crippen molar-refractivity contribution in [2.45, 2.75) is 59.7 Å². The van der Waals surface area contributed by atoms with E-state index in [0.717, 1.165) is 12.8 Å². The second-order valence-corrected chi connectivity index (χ2v) is 5.61. The summed E-state index contributed by atoms with van der Waals surface area (Å²) in [5.41, 5.74) is 0. The quantitative estimate of drug-likeness (QED) is 0.728. The van der Waals surface area contributed by atoms with Crippen molar-refractivity contribution in [2.24, 2.45) is 17.8 Å². The van der Waals surface area contributed by atoms with E-state index < -0.39 is 0 Å². The molecule has 1 aliphatic rings. The Kier molecular flexibility index (Phi) is 5.17. The molecule has 0 aromatic carbocycles. The molecular formula is C14H24O4. The summed E-state index contributed by atoms with van der Waals surface area (Å²) in [6.07, 6.45) is 1.38. The molecule has 1 saturated carbocycles. The summed E-state index contributed by atoms with van der Waals surface area (Å²) in [5.74, 6) is 0.271. The van der Waals surface area contributed by atoms with Crippen LogP contribution in [0.3, 0.4) is 0 Å². The molecule has 1 rings (SSSR count). The van der Waals surface area contributed by atoms with Crippen LogP contribution in [0, 0.1) is 17.8 Å². The highest BCUT2D eigenvalue weighted by molar-refractivity contribution is 5.67. The van der Waals surface area contributed by atoms with Crippen LogP contribution in [-0.2, 0) is 19.1 Å². The highest BCUT2D eigenvalue weighted by atomic mass is 16.6. The summed E-state index contributed by atoms with van der Waals surface area (Å²) in [5, 5.41) is 0. The molecule has 0 aliphatic heterocycles. The molecular weight excluding hydrogens is 232 g/mol. The van der Waals surface area contributed by atoms with Crippen LogP contribution >= 0.6 is 0 Å². The van der Waals surface area contributed by atoms with E-state index in [0.29, 0.717) is 5.92 Å². The lowest BCUT2D eigenvalue weighted by Gasteiger charge is -2.41. The largest absolute Gasteiger partial charge is 0.458 e. The van der Waals surface area contributed by atoms with Gasteiger partial charge in [-0.25, -0.2) is 0 Å². The fourth-order valence-electron chi connectivity index (χ4n) is 2.78. The van der Waals surface area contributed by atoms with Crippen molar-refractivity contribution >= 4 is 11.9 Å². The molecule has 0 amide bonds. The number of carbonyl (C=O) groups excluding carboxylic acids is 2. The lowest BCUT2D eigenvalue weighted by atomic mass is 9.73. The maximum absolute atomic E-state index is 11.3. The zero-order chi connectivity index (χ0) is 13.9. The average Bonchev–Trinajstić information content (AvgIpc) is 2.21. The zero-order valence-corrected chi connectivity index (χ0v) is 11.9.